The molecule has 1 fully saturated rings. The van der Waals surface area contributed by atoms with Crippen molar-refractivity contribution >= 4 is 5.69 Å². The van der Waals surface area contributed by atoms with E-state index in [9.17, 15) is 0 Å². The zero-order valence-corrected chi connectivity index (χ0v) is 13.3. The molecule has 1 aromatic rings. The predicted molar refractivity (Wildman–Crippen MR) is 85.2 cm³/mol. The molecule has 0 spiro atoms. The Kier molecular flexibility index (Phi) is 5.06. The average Bonchev–Trinajstić information content (AvgIpc) is 2.85. The molecule has 0 amide bonds. The van der Waals surface area contributed by atoms with Gasteiger partial charge in [0.05, 0.1) is 6.61 Å². The van der Waals surface area contributed by atoms with E-state index in [1.165, 1.54) is 17.7 Å². The molecule has 1 aliphatic heterocycles. The van der Waals surface area contributed by atoms with Gasteiger partial charge in [-0.1, -0.05) is 12.1 Å². The summed E-state index contributed by atoms with van der Waals surface area (Å²) in [5, 5.41) is 3.62. The topological polar surface area (TPSA) is 24.5 Å². The number of anilines is 1. The first-order valence-corrected chi connectivity index (χ1v) is 7.56. The molecule has 3 nitrogen and oxygen atoms in total. The van der Waals surface area contributed by atoms with Gasteiger partial charge in [-0.25, -0.2) is 0 Å². The summed E-state index contributed by atoms with van der Waals surface area (Å²) in [4.78, 5) is 2.49. The van der Waals surface area contributed by atoms with Crippen LogP contribution in [0.25, 0.3) is 0 Å². The minimum absolute atomic E-state index is 0.214. The van der Waals surface area contributed by atoms with Crippen molar-refractivity contribution < 1.29 is 4.74 Å². The molecule has 2 rings (SSSR count). The summed E-state index contributed by atoms with van der Waals surface area (Å²) in [6, 6.07) is 8.72. The summed E-state index contributed by atoms with van der Waals surface area (Å²) in [5.74, 6) is 0.750. The van der Waals surface area contributed by atoms with Gasteiger partial charge >= 0.3 is 0 Å². The van der Waals surface area contributed by atoms with Crippen molar-refractivity contribution in [3.63, 3.8) is 0 Å². The van der Waals surface area contributed by atoms with Crippen molar-refractivity contribution in [2.45, 2.75) is 39.3 Å². The second-order valence-corrected chi connectivity index (χ2v) is 6.83. The maximum Gasteiger partial charge on any atom is 0.0713 e. The molecule has 0 bridgehead atoms. The molecular formula is C17H28N2O. The van der Waals surface area contributed by atoms with E-state index in [0.717, 1.165) is 25.6 Å². The van der Waals surface area contributed by atoms with Gasteiger partial charge in [-0.2, -0.15) is 0 Å². The van der Waals surface area contributed by atoms with Crippen LogP contribution in [0.1, 0.15) is 32.8 Å². The van der Waals surface area contributed by atoms with Crippen molar-refractivity contribution in [3.05, 3.63) is 29.8 Å². The molecule has 1 aromatic carbocycles. The third-order valence-electron chi connectivity index (χ3n) is 3.79. The highest BCUT2D eigenvalue weighted by Crippen LogP contribution is 2.24. The Labute approximate surface area is 123 Å². The first-order valence-electron chi connectivity index (χ1n) is 7.56. The lowest BCUT2D eigenvalue weighted by molar-refractivity contribution is 0.185. The lowest BCUT2D eigenvalue weighted by Crippen LogP contribution is -2.39. The monoisotopic (exact) mass is 276 g/mol. The molecule has 0 aromatic heterocycles. The lowest BCUT2D eigenvalue weighted by Gasteiger charge is -2.24. The SMILES string of the molecule is COCc1cccc(N2CCC(CNC(C)(C)C)C2)c1. The molecule has 1 N–H and O–H groups in total. The third-order valence-corrected chi connectivity index (χ3v) is 3.79. The Hall–Kier alpha value is -1.06. The van der Waals surface area contributed by atoms with Gasteiger partial charge in [-0.05, 0) is 50.8 Å². The van der Waals surface area contributed by atoms with Crippen molar-refractivity contribution in [1.29, 1.82) is 0 Å². The van der Waals surface area contributed by atoms with Crippen molar-refractivity contribution in [2.75, 3.05) is 31.6 Å². The minimum Gasteiger partial charge on any atom is -0.380 e. The van der Waals surface area contributed by atoms with Gasteiger partial charge in [0.15, 0.2) is 0 Å². The number of hydrogen-bond donors (Lipinski definition) is 1. The zero-order chi connectivity index (χ0) is 14.6. The van der Waals surface area contributed by atoms with Gasteiger partial charge in [0.2, 0.25) is 0 Å². The molecule has 3 heteroatoms. The highest BCUT2D eigenvalue weighted by molar-refractivity contribution is 5.49. The molecule has 1 unspecified atom stereocenters. The lowest BCUT2D eigenvalue weighted by atomic mass is 10.1. The number of ether oxygens (including phenoxy) is 1. The highest BCUT2D eigenvalue weighted by Gasteiger charge is 2.24. The Bertz CT molecular complexity index is 425. The van der Waals surface area contributed by atoms with Crippen LogP contribution in [0.4, 0.5) is 5.69 Å². The fourth-order valence-electron chi connectivity index (χ4n) is 2.69. The molecule has 1 heterocycles. The summed E-state index contributed by atoms with van der Waals surface area (Å²) >= 11 is 0. The van der Waals surface area contributed by atoms with Crippen LogP contribution in [-0.4, -0.2) is 32.3 Å². The predicted octanol–water partition coefficient (Wildman–Crippen LogP) is 3.05. The first-order chi connectivity index (χ1) is 9.48. The van der Waals surface area contributed by atoms with E-state index < -0.39 is 0 Å². The average molecular weight is 276 g/mol. The van der Waals surface area contributed by atoms with Gasteiger partial charge in [0.25, 0.3) is 0 Å². The van der Waals surface area contributed by atoms with Gasteiger partial charge in [-0.3, -0.25) is 0 Å². The maximum atomic E-state index is 5.21. The Balaban J connectivity index is 1.90. The maximum absolute atomic E-state index is 5.21. The van der Waals surface area contributed by atoms with Gasteiger partial charge in [0.1, 0.15) is 0 Å². The number of rotatable bonds is 5. The van der Waals surface area contributed by atoms with Crippen LogP contribution in [-0.2, 0) is 11.3 Å². The molecule has 0 radical (unpaired) electrons. The number of methoxy groups -OCH3 is 1. The van der Waals surface area contributed by atoms with Crippen LogP contribution >= 0.6 is 0 Å². The molecule has 0 aliphatic carbocycles. The Morgan fingerprint density at radius 1 is 1.35 bits per heavy atom. The second kappa shape index (κ2) is 6.59. The molecule has 112 valence electrons. The van der Waals surface area contributed by atoms with Crippen LogP contribution in [0.3, 0.4) is 0 Å². The highest BCUT2D eigenvalue weighted by atomic mass is 16.5. The van der Waals surface area contributed by atoms with E-state index in [1.807, 2.05) is 0 Å². The van der Waals surface area contributed by atoms with Gasteiger partial charge in [-0.15, -0.1) is 0 Å². The smallest absolute Gasteiger partial charge is 0.0713 e. The van der Waals surface area contributed by atoms with E-state index in [1.54, 1.807) is 7.11 Å². The zero-order valence-electron chi connectivity index (χ0n) is 13.3. The first kappa shape index (κ1) is 15.3. The summed E-state index contributed by atoms with van der Waals surface area (Å²) < 4.78 is 5.21. The van der Waals surface area contributed by atoms with Crippen molar-refractivity contribution in [1.82, 2.24) is 5.32 Å². The van der Waals surface area contributed by atoms with Crippen molar-refractivity contribution in [2.24, 2.45) is 5.92 Å². The second-order valence-electron chi connectivity index (χ2n) is 6.83. The van der Waals surface area contributed by atoms with Crippen LogP contribution in [0, 0.1) is 5.92 Å². The standard InChI is InChI=1S/C17H28N2O/c1-17(2,3)18-11-15-8-9-19(12-15)16-7-5-6-14(10-16)13-20-4/h5-7,10,15,18H,8-9,11-13H2,1-4H3. The van der Waals surface area contributed by atoms with Crippen LogP contribution in [0.2, 0.25) is 0 Å². The van der Waals surface area contributed by atoms with Gasteiger partial charge in [0, 0.05) is 38.0 Å². The molecule has 1 aliphatic rings. The fourth-order valence-corrected chi connectivity index (χ4v) is 2.69. The summed E-state index contributed by atoms with van der Waals surface area (Å²) in [6.07, 6.45) is 1.28. The summed E-state index contributed by atoms with van der Waals surface area (Å²) in [6.45, 7) is 10.8. The molecular weight excluding hydrogens is 248 g/mol. The summed E-state index contributed by atoms with van der Waals surface area (Å²) in [5.41, 5.74) is 2.80. The van der Waals surface area contributed by atoms with Crippen LogP contribution < -0.4 is 10.2 Å². The van der Waals surface area contributed by atoms with Crippen LogP contribution in [0.15, 0.2) is 24.3 Å². The Morgan fingerprint density at radius 2 is 2.15 bits per heavy atom. The quantitative estimate of drug-likeness (QED) is 0.894. The Morgan fingerprint density at radius 3 is 2.85 bits per heavy atom. The third kappa shape index (κ3) is 4.50. The fraction of sp³-hybridized carbons (Fsp3) is 0.647. The van der Waals surface area contributed by atoms with E-state index >= 15 is 0 Å². The van der Waals surface area contributed by atoms with E-state index in [-0.39, 0.29) is 5.54 Å². The van der Waals surface area contributed by atoms with Crippen molar-refractivity contribution in [3.8, 4) is 0 Å². The minimum atomic E-state index is 0.214. The number of nitrogens with one attached hydrogen (secondary N) is 1. The molecule has 0 saturated carbocycles. The normalized spacial score (nSPS) is 19.6. The molecule has 1 saturated heterocycles. The van der Waals surface area contributed by atoms with E-state index in [2.05, 4.69) is 55.3 Å². The number of nitrogens with zero attached hydrogens (tertiary/aromatic N) is 1. The largest absolute Gasteiger partial charge is 0.380 e. The molecule has 20 heavy (non-hydrogen) atoms. The van der Waals surface area contributed by atoms with E-state index in [0.29, 0.717) is 6.61 Å². The number of hydrogen-bond acceptors (Lipinski definition) is 3. The van der Waals surface area contributed by atoms with Gasteiger partial charge < -0.3 is 15.0 Å². The van der Waals surface area contributed by atoms with E-state index in [4.69, 9.17) is 4.74 Å². The summed E-state index contributed by atoms with van der Waals surface area (Å²) in [7, 11) is 1.75. The van der Waals surface area contributed by atoms with Crippen LogP contribution in [0.5, 0.6) is 0 Å². The molecule has 1 atom stereocenters. The number of benzene rings is 1.